The molecule has 16 heavy (non-hydrogen) atoms. The minimum absolute atomic E-state index is 0.260. The standard InChI is InChI=1S/C13H19NOS/c1-10(6-7-15)14-13-9-16-8-11-4-2-3-5-12(11)13/h2-5,10,13-15H,6-9H2,1H3. The van der Waals surface area contributed by atoms with E-state index in [0.29, 0.717) is 12.1 Å². The second-order valence-electron chi connectivity index (χ2n) is 4.35. The van der Waals surface area contributed by atoms with Crippen LogP contribution in [0, 0.1) is 0 Å². The molecule has 2 atom stereocenters. The Balaban J connectivity index is 2.07. The summed E-state index contributed by atoms with van der Waals surface area (Å²) in [5.74, 6) is 2.26. The molecule has 0 radical (unpaired) electrons. The molecule has 1 aliphatic heterocycles. The van der Waals surface area contributed by atoms with E-state index in [4.69, 9.17) is 5.11 Å². The third kappa shape index (κ3) is 2.78. The molecule has 0 spiro atoms. The second kappa shape index (κ2) is 5.71. The van der Waals surface area contributed by atoms with Crippen molar-refractivity contribution in [3.8, 4) is 0 Å². The molecule has 1 aromatic rings. The molecule has 0 aliphatic carbocycles. The van der Waals surface area contributed by atoms with Crippen molar-refractivity contribution in [1.82, 2.24) is 5.32 Å². The fourth-order valence-electron chi connectivity index (χ4n) is 2.14. The van der Waals surface area contributed by atoms with Crippen molar-refractivity contribution in [3.05, 3.63) is 35.4 Å². The quantitative estimate of drug-likeness (QED) is 0.843. The number of hydrogen-bond donors (Lipinski definition) is 2. The minimum atomic E-state index is 0.260. The number of benzene rings is 1. The van der Waals surface area contributed by atoms with Crippen molar-refractivity contribution >= 4 is 11.8 Å². The van der Waals surface area contributed by atoms with Crippen LogP contribution in [0.25, 0.3) is 0 Å². The second-order valence-corrected chi connectivity index (χ2v) is 5.38. The Bertz CT molecular complexity index is 342. The molecule has 0 fully saturated rings. The lowest BCUT2D eigenvalue weighted by molar-refractivity contribution is 0.264. The van der Waals surface area contributed by atoms with Crippen molar-refractivity contribution in [2.75, 3.05) is 12.4 Å². The fraction of sp³-hybridized carbons (Fsp3) is 0.538. The van der Waals surface area contributed by atoms with Crippen LogP contribution in [0.1, 0.15) is 30.5 Å². The maximum absolute atomic E-state index is 8.92. The molecule has 3 heteroatoms. The first kappa shape index (κ1) is 12.0. The van der Waals surface area contributed by atoms with Gasteiger partial charge in [0.05, 0.1) is 0 Å². The highest BCUT2D eigenvalue weighted by molar-refractivity contribution is 7.98. The average Bonchev–Trinajstić information content (AvgIpc) is 2.30. The molecule has 0 bridgehead atoms. The van der Waals surface area contributed by atoms with Crippen LogP contribution in [0.2, 0.25) is 0 Å². The lowest BCUT2D eigenvalue weighted by Crippen LogP contribution is -2.34. The topological polar surface area (TPSA) is 32.3 Å². The normalized spacial score (nSPS) is 21.5. The Morgan fingerprint density at radius 1 is 1.50 bits per heavy atom. The van der Waals surface area contributed by atoms with Crippen LogP contribution < -0.4 is 5.32 Å². The zero-order valence-electron chi connectivity index (χ0n) is 9.65. The molecule has 2 rings (SSSR count). The molecule has 0 saturated carbocycles. The van der Waals surface area contributed by atoms with E-state index in [9.17, 15) is 0 Å². The molecule has 88 valence electrons. The van der Waals surface area contributed by atoms with Gasteiger partial charge in [-0.25, -0.2) is 0 Å². The van der Waals surface area contributed by atoms with E-state index < -0.39 is 0 Å². The largest absolute Gasteiger partial charge is 0.396 e. The number of aliphatic hydroxyl groups is 1. The van der Waals surface area contributed by atoms with Crippen LogP contribution in [0.5, 0.6) is 0 Å². The molecule has 1 aliphatic rings. The summed E-state index contributed by atoms with van der Waals surface area (Å²) in [5.41, 5.74) is 2.89. The first-order valence-electron chi connectivity index (χ1n) is 5.83. The highest BCUT2D eigenvalue weighted by Crippen LogP contribution is 2.31. The Morgan fingerprint density at radius 2 is 2.31 bits per heavy atom. The van der Waals surface area contributed by atoms with Gasteiger partial charge in [0, 0.05) is 30.2 Å². The SMILES string of the molecule is CC(CCO)NC1CSCc2ccccc21. The molecular formula is C13H19NOS. The van der Waals surface area contributed by atoms with Gasteiger partial charge in [-0.15, -0.1) is 0 Å². The molecular weight excluding hydrogens is 218 g/mol. The molecule has 1 heterocycles. The van der Waals surface area contributed by atoms with Gasteiger partial charge >= 0.3 is 0 Å². The lowest BCUT2D eigenvalue weighted by Gasteiger charge is -2.28. The van der Waals surface area contributed by atoms with Gasteiger partial charge in [0.15, 0.2) is 0 Å². The van der Waals surface area contributed by atoms with E-state index in [0.717, 1.165) is 17.9 Å². The van der Waals surface area contributed by atoms with Crippen molar-refractivity contribution in [1.29, 1.82) is 0 Å². The Hall–Kier alpha value is -0.510. The summed E-state index contributed by atoms with van der Waals surface area (Å²) in [7, 11) is 0. The van der Waals surface area contributed by atoms with Gasteiger partial charge in [0.1, 0.15) is 0 Å². The molecule has 0 aromatic heterocycles. The number of hydrogen-bond acceptors (Lipinski definition) is 3. The van der Waals surface area contributed by atoms with Crippen LogP contribution >= 0.6 is 11.8 Å². The highest BCUT2D eigenvalue weighted by Gasteiger charge is 2.20. The summed E-state index contributed by atoms with van der Waals surface area (Å²) in [6, 6.07) is 9.47. The minimum Gasteiger partial charge on any atom is -0.396 e. The number of aliphatic hydroxyl groups excluding tert-OH is 1. The van der Waals surface area contributed by atoms with Gasteiger partial charge in [0.25, 0.3) is 0 Å². The van der Waals surface area contributed by atoms with Crippen LogP contribution in [-0.2, 0) is 5.75 Å². The fourth-order valence-corrected chi connectivity index (χ4v) is 3.25. The summed E-state index contributed by atoms with van der Waals surface area (Å²) < 4.78 is 0. The third-order valence-electron chi connectivity index (χ3n) is 3.02. The molecule has 0 amide bonds. The highest BCUT2D eigenvalue weighted by atomic mass is 32.2. The van der Waals surface area contributed by atoms with E-state index >= 15 is 0 Å². The maximum atomic E-state index is 8.92. The first-order chi connectivity index (χ1) is 7.81. The number of rotatable bonds is 4. The van der Waals surface area contributed by atoms with E-state index in [1.165, 1.54) is 11.1 Å². The van der Waals surface area contributed by atoms with Crippen molar-refractivity contribution in [3.63, 3.8) is 0 Å². The van der Waals surface area contributed by atoms with E-state index in [1.807, 2.05) is 11.8 Å². The van der Waals surface area contributed by atoms with Gasteiger partial charge in [-0.2, -0.15) is 11.8 Å². The molecule has 0 saturated heterocycles. The number of nitrogens with one attached hydrogen (secondary N) is 1. The average molecular weight is 237 g/mol. The smallest absolute Gasteiger partial charge is 0.0445 e. The van der Waals surface area contributed by atoms with Gasteiger partial charge in [-0.1, -0.05) is 24.3 Å². The van der Waals surface area contributed by atoms with Crippen LogP contribution in [-0.4, -0.2) is 23.5 Å². The van der Waals surface area contributed by atoms with Gasteiger partial charge in [-0.05, 0) is 24.5 Å². The Morgan fingerprint density at radius 3 is 3.12 bits per heavy atom. The van der Waals surface area contributed by atoms with Crippen molar-refractivity contribution in [2.24, 2.45) is 0 Å². The van der Waals surface area contributed by atoms with Crippen LogP contribution in [0.15, 0.2) is 24.3 Å². The van der Waals surface area contributed by atoms with Crippen LogP contribution in [0.4, 0.5) is 0 Å². The third-order valence-corrected chi connectivity index (χ3v) is 4.10. The first-order valence-corrected chi connectivity index (χ1v) is 6.99. The molecule has 1 aromatic carbocycles. The van der Waals surface area contributed by atoms with Crippen LogP contribution in [0.3, 0.4) is 0 Å². The maximum Gasteiger partial charge on any atom is 0.0445 e. The zero-order chi connectivity index (χ0) is 11.4. The van der Waals surface area contributed by atoms with Crippen molar-refractivity contribution in [2.45, 2.75) is 31.2 Å². The van der Waals surface area contributed by atoms with E-state index in [1.54, 1.807) is 0 Å². The summed E-state index contributed by atoms with van der Waals surface area (Å²) in [6.45, 7) is 2.40. The molecule has 2 nitrogen and oxygen atoms in total. The Kier molecular flexibility index (Phi) is 4.27. The summed E-state index contributed by atoms with van der Waals surface area (Å²) in [5, 5.41) is 12.5. The Labute approximate surface area is 101 Å². The van der Waals surface area contributed by atoms with Gasteiger partial charge in [0.2, 0.25) is 0 Å². The lowest BCUT2D eigenvalue weighted by atomic mass is 10.0. The number of fused-ring (bicyclic) bond motifs is 1. The zero-order valence-corrected chi connectivity index (χ0v) is 10.5. The van der Waals surface area contributed by atoms with Gasteiger partial charge < -0.3 is 10.4 Å². The van der Waals surface area contributed by atoms with Gasteiger partial charge in [-0.3, -0.25) is 0 Å². The molecule has 2 N–H and O–H groups in total. The number of thioether (sulfide) groups is 1. The van der Waals surface area contributed by atoms with E-state index in [-0.39, 0.29) is 6.61 Å². The van der Waals surface area contributed by atoms with Crippen molar-refractivity contribution < 1.29 is 5.11 Å². The monoisotopic (exact) mass is 237 g/mol. The molecule has 2 unspecified atom stereocenters. The summed E-state index contributed by atoms with van der Waals surface area (Å²) in [4.78, 5) is 0. The predicted molar refractivity (Wildman–Crippen MR) is 69.6 cm³/mol. The van der Waals surface area contributed by atoms with E-state index in [2.05, 4.69) is 36.5 Å². The summed E-state index contributed by atoms with van der Waals surface area (Å²) in [6.07, 6.45) is 0.823. The summed E-state index contributed by atoms with van der Waals surface area (Å²) >= 11 is 1.98. The predicted octanol–water partition coefficient (Wildman–Crippen LogP) is 2.33.